The van der Waals surface area contributed by atoms with Crippen molar-refractivity contribution in [2.24, 2.45) is 0 Å². The van der Waals surface area contributed by atoms with E-state index in [2.05, 4.69) is 9.97 Å². The van der Waals surface area contributed by atoms with Gasteiger partial charge in [-0.3, -0.25) is 0 Å². The van der Waals surface area contributed by atoms with Crippen LogP contribution in [-0.4, -0.2) is 15.9 Å². The van der Waals surface area contributed by atoms with Gasteiger partial charge in [-0.15, -0.1) is 0 Å². The average molecular weight is 143 g/mol. The number of hydrogen-bond acceptors (Lipinski definition) is 4. The van der Waals surface area contributed by atoms with Crippen LogP contribution in [0, 0.1) is 11.3 Å². The number of carboxylic acids is 1. The first-order valence-corrected chi connectivity index (χ1v) is 2.40. The molecular weight excluding hydrogens is 141 g/mol. The maximum absolute atomic E-state index is 10.0. The van der Waals surface area contributed by atoms with Gasteiger partial charge in [0.15, 0.2) is 5.82 Å². The van der Waals surface area contributed by atoms with Gasteiger partial charge in [0.25, 0.3) is 0 Å². The molecule has 0 unspecified atom stereocenters. The summed E-state index contributed by atoms with van der Waals surface area (Å²) in [7, 11) is 0. The van der Waals surface area contributed by atoms with Crippen LogP contribution >= 0.6 is 0 Å². The molecular formula is C5H2LiN3O2. The molecule has 1 heterocycles. The molecule has 0 aliphatic rings. The van der Waals surface area contributed by atoms with Gasteiger partial charge >= 0.3 is 18.9 Å². The maximum Gasteiger partial charge on any atom is 1.00 e. The Balaban J connectivity index is 0.000001000. The van der Waals surface area contributed by atoms with E-state index >= 15 is 0 Å². The molecule has 5 nitrogen and oxygen atoms in total. The van der Waals surface area contributed by atoms with Gasteiger partial charge in [-0.25, -0.2) is 4.98 Å². The van der Waals surface area contributed by atoms with Crippen molar-refractivity contribution in [1.29, 1.82) is 5.26 Å². The summed E-state index contributed by atoms with van der Waals surface area (Å²) in [5.41, 5.74) is 0.110. The van der Waals surface area contributed by atoms with E-state index in [1.807, 2.05) is 0 Å². The summed E-state index contributed by atoms with van der Waals surface area (Å²) in [5, 5.41) is 18.2. The first-order chi connectivity index (χ1) is 4.74. The molecule has 1 aromatic rings. The summed E-state index contributed by atoms with van der Waals surface area (Å²) in [6.07, 6.45) is 1.13. The largest absolute Gasteiger partial charge is 1.00 e. The van der Waals surface area contributed by atoms with Crippen molar-refractivity contribution in [2.75, 3.05) is 0 Å². The third-order valence-corrected chi connectivity index (χ3v) is 0.890. The fraction of sp³-hybridized carbons (Fsp3) is 0. The second-order valence-electron chi connectivity index (χ2n) is 1.54. The van der Waals surface area contributed by atoms with E-state index < -0.39 is 5.97 Å². The van der Waals surface area contributed by atoms with Gasteiger partial charge < -0.3 is 14.9 Å². The van der Waals surface area contributed by atoms with E-state index in [9.17, 15) is 9.90 Å². The molecule has 1 N–H and O–H groups in total. The van der Waals surface area contributed by atoms with Gasteiger partial charge in [-0.1, -0.05) is 0 Å². The fourth-order valence-corrected chi connectivity index (χ4v) is 0.482. The van der Waals surface area contributed by atoms with Gasteiger partial charge in [0.1, 0.15) is 17.7 Å². The number of nitrogens with one attached hydrogen (secondary N) is 1. The predicted octanol–water partition coefficient (Wildman–Crippen LogP) is -4.35. The zero-order chi connectivity index (χ0) is 7.56. The minimum Gasteiger partial charge on any atom is -0.542 e. The predicted molar refractivity (Wildman–Crippen MR) is 27.6 cm³/mol. The SMILES string of the molecule is N#Cc1cnc(C(=O)[O-])[nH]1.[Li+]. The Morgan fingerprint density at radius 1 is 1.82 bits per heavy atom. The van der Waals surface area contributed by atoms with Crippen molar-refractivity contribution >= 4 is 5.97 Å². The zero-order valence-corrected chi connectivity index (χ0v) is 5.79. The van der Waals surface area contributed by atoms with Crippen molar-refractivity contribution in [2.45, 2.75) is 0 Å². The number of nitriles is 1. The first kappa shape index (κ1) is 9.77. The summed E-state index contributed by atoms with van der Waals surface area (Å²) >= 11 is 0. The summed E-state index contributed by atoms with van der Waals surface area (Å²) in [5.74, 6) is -1.74. The number of nitrogens with zero attached hydrogens (tertiary/aromatic N) is 2. The first-order valence-electron chi connectivity index (χ1n) is 2.40. The number of aromatic amines is 1. The Bertz CT molecular complexity index is 301. The molecule has 0 spiro atoms. The van der Waals surface area contributed by atoms with Crippen LogP contribution in [-0.2, 0) is 0 Å². The van der Waals surface area contributed by atoms with Gasteiger partial charge in [-0.05, 0) is 0 Å². The third-order valence-electron chi connectivity index (χ3n) is 0.890. The van der Waals surface area contributed by atoms with E-state index in [0.29, 0.717) is 0 Å². The Kier molecular flexibility index (Phi) is 3.39. The molecule has 0 amide bonds. The Morgan fingerprint density at radius 2 is 2.45 bits per heavy atom. The number of aromatic nitrogens is 2. The number of carboxylic acid groups (broad SMARTS) is 1. The average Bonchev–Trinajstić information content (AvgIpc) is 2.34. The number of rotatable bonds is 1. The van der Waals surface area contributed by atoms with Crippen LogP contribution in [0.3, 0.4) is 0 Å². The van der Waals surface area contributed by atoms with Crippen LogP contribution in [0.25, 0.3) is 0 Å². The molecule has 0 saturated heterocycles. The standard InChI is InChI=1S/C5H3N3O2.Li/c6-1-3-2-7-4(8-3)5(9)10;/h2H,(H,7,8)(H,9,10);/q;+1/p-1. The smallest absolute Gasteiger partial charge is 0.542 e. The second kappa shape index (κ2) is 3.82. The van der Waals surface area contributed by atoms with Crippen molar-refractivity contribution in [1.82, 2.24) is 9.97 Å². The van der Waals surface area contributed by atoms with E-state index in [4.69, 9.17) is 5.26 Å². The molecule has 0 fully saturated rings. The van der Waals surface area contributed by atoms with Crippen LogP contribution in [0.1, 0.15) is 16.3 Å². The normalized spacial score (nSPS) is 7.91. The molecule has 0 saturated carbocycles. The quantitative estimate of drug-likeness (QED) is 0.402. The van der Waals surface area contributed by atoms with Crippen LogP contribution in [0.5, 0.6) is 0 Å². The summed E-state index contributed by atoms with van der Waals surface area (Å²) < 4.78 is 0. The number of carbonyl (C=O) groups is 1. The van der Waals surface area contributed by atoms with Crippen LogP contribution in [0.2, 0.25) is 0 Å². The summed E-state index contributed by atoms with van der Waals surface area (Å²) in [4.78, 5) is 15.6. The van der Waals surface area contributed by atoms with Crippen LogP contribution < -0.4 is 24.0 Å². The van der Waals surface area contributed by atoms with Gasteiger partial charge in [-0.2, -0.15) is 5.26 Å². The minimum absolute atomic E-state index is 0. The van der Waals surface area contributed by atoms with E-state index in [1.165, 1.54) is 0 Å². The Hall–Kier alpha value is -1.23. The Labute approximate surface area is 74.2 Å². The third kappa shape index (κ3) is 2.12. The molecule has 1 rings (SSSR count). The van der Waals surface area contributed by atoms with Gasteiger partial charge in [0, 0.05) is 0 Å². The van der Waals surface area contributed by atoms with E-state index in [-0.39, 0.29) is 30.4 Å². The summed E-state index contributed by atoms with van der Waals surface area (Å²) in [6, 6.07) is 1.69. The van der Waals surface area contributed by atoms with Crippen molar-refractivity contribution < 1.29 is 28.8 Å². The number of imidazole rings is 1. The van der Waals surface area contributed by atoms with Crippen molar-refractivity contribution in [3.05, 3.63) is 17.7 Å². The molecule has 11 heavy (non-hydrogen) atoms. The monoisotopic (exact) mass is 143 g/mol. The molecule has 0 radical (unpaired) electrons. The fourth-order valence-electron chi connectivity index (χ4n) is 0.482. The van der Waals surface area contributed by atoms with E-state index in [1.54, 1.807) is 6.07 Å². The molecule has 0 aliphatic heterocycles. The molecule has 1 aromatic heterocycles. The topological polar surface area (TPSA) is 92.6 Å². The molecule has 0 bridgehead atoms. The number of hydrogen-bond donors (Lipinski definition) is 1. The van der Waals surface area contributed by atoms with Crippen LogP contribution in [0.15, 0.2) is 6.20 Å². The maximum atomic E-state index is 10.0. The molecule has 0 aromatic carbocycles. The molecule has 0 aliphatic carbocycles. The Morgan fingerprint density at radius 3 is 2.73 bits per heavy atom. The van der Waals surface area contributed by atoms with E-state index in [0.717, 1.165) is 6.20 Å². The number of H-pyrrole nitrogens is 1. The molecule has 0 atom stereocenters. The minimum atomic E-state index is -1.42. The van der Waals surface area contributed by atoms with Crippen molar-refractivity contribution in [3.63, 3.8) is 0 Å². The van der Waals surface area contributed by atoms with Gasteiger partial charge in [0.05, 0.1) is 6.20 Å². The molecule has 6 heteroatoms. The van der Waals surface area contributed by atoms with Crippen molar-refractivity contribution in [3.8, 4) is 6.07 Å². The number of aromatic carboxylic acids is 1. The molecule has 50 valence electrons. The zero-order valence-electron chi connectivity index (χ0n) is 5.79. The van der Waals surface area contributed by atoms with Crippen LogP contribution in [0.4, 0.5) is 0 Å². The second-order valence-corrected chi connectivity index (χ2v) is 1.54. The summed E-state index contributed by atoms with van der Waals surface area (Å²) in [6.45, 7) is 0. The number of carbonyl (C=O) groups excluding carboxylic acids is 1. The van der Waals surface area contributed by atoms with Gasteiger partial charge in [0.2, 0.25) is 0 Å².